The fourth-order valence-corrected chi connectivity index (χ4v) is 3.88. The van der Waals surface area contributed by atoms with E-state index in [0.29, 0.717) is 6.61 Å². The highest BCUT2D eigenvalue weighted by atomic mass is 16.5. The first kappa shape index (κ1) is 13.9. The van der Waals surface area contributed by atoms with Crippen LogP contribution >= 0.6 is 0 Å². The first-order chi connectivity index (χ1) is 11.2. The Bertz CT molecular complexity index is 790. The van der Waals surface area contributed by atoms with Crippen molar-refractivity contribution < 1.29 is 14.3 Å². The van der Waals surface area contributed by atoms with Gasteiger partial charge in [0.05, 0.1) is 17.9 Å². The molecule has 1 N–H and O–H groups in total. The molecule has 23 heavy (non-hydrogen) atoms. The minimum atomic E-state index is -0.869. The zero-order chi connectivity index (χ0) is 16.0. The van der Waals surface area contributed by atoms with Crippen LogP contribution in [0, 0.1) is 5.92 Å². The van der Waals surface area contributed by atoms with Crippen LogP contribution in [0.25, 0.3) is 0 Å². The van der Waals surface area contributed by atoms with Crippen molar-refractivity contribution in [1.82, 2.24) is 4.98 Å². The summed E-state index contributed by atoms with van der Waals surface area (Å²) >= 11 is 0. The number of ether oxygens (including phenoxy) is 1. The molecule has 1 saturated carbocycles. The number of benzene rings is 1. The Kier molecular flexibility index (Phi) is 2.98. The van der Waals surface area contributed by atoms with E-state index in [2.05, 4.69) is 10.3 Å². The van der Waals surface area contributed by atoms with Gasteiger partial charge in [0.1, 0.15) is 0 Å². The second kappa shape index (κ2) is 4.91. The summed E-state index contributed by atoms with van der Waals surface area (Å²) in [6.07, 6.45) is 3.40. The number of anilines is 1. The van der Waals surface area contributed by atoms with Crippen molar-refractivity contribution in [1.29, 1.82) is 0 Å². The van der Waals surface area contributed by atoms with Crippen LogP contribution in [0.5, 0.6) is 0 Å². The number of carbonyl (C=O) groups is 2. The maximum Gasteiger partial charge on any atom is 0.311 e. The quantitative estimate of drug-likeness (QED) is 0.883. The maximum absolute atomic E-state index is 12.8. The maximum atomic E-state index is 12.8. The van der Waals surface area contributed by atoms with Gasteiger partial charge in [-0.2, -0.15) is 0 Å². The molecule has 1 aromatic carbocycles. The number of para-hydroxylation sites is 1. The molecule has 0 bridgehead atoms. The molecule has 0 radical (unpaired) electrons. The lowest BCUT2D eigenvalue weighted by Gasteiger charge is -2.08. The van der Waals surface area contributed by atoms with Gasteiger partial charge < -0.3 is 10.1 Å². The first-order valence-electron chi connectivity index (χ1n) is 7.68. The molecule has 1 aliphatic carbocycles. The fourth-order valence-electron chi connectivity index (χ4n) is 3.88. The number of hydrogen-bond donors (Lipinski definition) is 1. The Hall–Kier alpha value is -2.69. The molecule has 1 aliphatic heterocycles. The van der Waals surface area contributed by atoms with E-state index in [9.17, 15) is 9.59 Å². The van der Waals surface area contributed by atoms with Crippen LogP contribution in [-0.4, -0.2) is 23.5 Å². The Balaban J connectivity index is 1.85. The van der Waals surface area contributed by atoms with Crippen LogP contribution in [0.4, 0.5) is 5.69 Å². The lowest BCUT2D eigenvalue weighted by atomic mass is 9.91. The monoisotopic (exact) mass is 308 g/mol. The molecule has 1 spiro atoms. The summed E-state index contributed by atoms with van der Waals surface area (Å²) in [5.41, 5.74) is 1.67. The SMILES string of the molecule is CCOC(=O)[C@@H]1[C@H](c2cccnc2)[C@@]12C(=O)Nc1ccccc12. The molecule has 0 unspecified atom stereocenters. The van der Waals surface area contributed by atoms with E-state index in [-0.39, 0.29) is 17.8 Å². The number of nitrogens with one attached hydrogen (secondary N) is 1. The molecule has 2 aromatic rings. The molecule has 3 atom stereocenters. The molecule has 5 nitrogen and oxygen atoms in total. The number of rotatable bonds is 3. The minimum absolute atomic E-state index is 0.134. The van der Waals surface area contributed by atoms with E-state index < -0.39 is 11.3 Å². The zero-order valence-corrected chi connectivity index (χ0v) is 12.7. The van der Waals surface area contributed by atoms with E-state index in [4.69, 9.17) is 4.74 Å². The molecular weight excluding hydrogens is 292 g/mol. The third-order valence-corrected chi connectivity index (χ3v) is 4.79. The van der Waals surface area contributed by atoms with E-state index in [1.165, 1.54) is 0 Å². The molecule has 2 aliphatic rings. The number of carbonyl (C=O) groups excluding carboxylic acids is 2. The number of nitrogens with zero attached hydrogens (tertiary/aromatic N) is 1. The van der Waals surface area contributed by atoms with Crippen LogP contribution in [0.1, 0.15) is 24.0 Å². The van der Waals surface area contributed by atoms with Gasteiger partial charge in [0, 0.05) is 24.0 Å². The second-order valence-corrected chi connectivity index (χ2v) is 5.86. The summed E-state index contributed by atoms with van der Waals surface area (Å²) in [6, 6.07) is 11.3. The van der Waals surface area contributed by atoms with Gasteiger partial charge in [-0.25, -0.2) is 0 Å². The van der Waals surface area contributed by atoms with Gasteiger partial charge in [-0.3, -0.25) is 14.6 Å². The second-order valence-electron chi connectivity index (χ2n) is 5.86. The van der Waals surface area contributed by atoms with Gasteiger partial charge in [-0.05, 0) is 30.2 Å². The summed E-state index contributed by atoms with van der Waals surface area (Å²) < 4.78 is 5.23. The van der Waals surface area contributed by atoms with E-state index >= 15 is 0 Å². The third kappa shape index (κ3) is 1.76. The van der Waals surface area contributed by atoms with Gasteiger partial charge in [0.25, 0.3) is 0 Å². The van der Waals surface area contributed by atoms with Gasteiger partial charge in [-0.1, -0.05) is 24.3 Å². The van der Waals surface area contributed by atoms with Crippen molar-refractivity contribution in [2.45, 2.75) is 18.3 Å². The van der Waals surface area contributed by atoms with Crippen LogP contribution < -0.4 is 5.32 Å². The van der Waals surface area contributed by atoms with E-state index in [1.54, 1.807) is 19.3 Å². The first-order valence-corrected chi connectivity index (χ1v) is 7.68. The summed E-state index contributed by atoms with van der Waals surface area (Å²) in [4.78, 5) is 29.4. The largest absolute Gasteiger partial charge is 0.466 e. The van der Waals surface area contributed by atoms with Crippen molar-refractivity contribution >= 4 is 17.6 Å². The average Bonchev–Trinajstić information content (AvgIpc) is 3.19. The van der Waals surface area contributed by atoms with Crippen LogP contribution in [0.2, 0.25) is 0 Å². The standard InChI is InChI=1S/C18H16N2O3/c1-2-23-16(21)15-14(11-6-5-9-19-10-11)18(15)12-7-3-4-8-13(12)20-17(18)22/h3-10,14-15H,2H2,1H3,(H,20,22)/t14-,15-,18+/m0/s1. The Morgan fingerprint density at radius 2 is 2.13 bits per heavy atom. The predicted molar refractivity (Wildman–Crippen MR) is 83.9 cm³/mol. The molecule has 1 amide bonds. The Labute approximate surface area is 133 Å². The lowest BCUT2D eigenvalue weighted by molar-refractivity contribution is -0.146. The number of hydrogen-bond acceptors (Lipinski definition) is 4. The fraction of sp³-hybridized carbons (Fsp3) is 0.278. The Morgan fingerprint density at radius 1 is 1.30 bits per heavy atom. The highest BCUT2D eigenvalue weighted by Gasteiger charge is 2.77. The molecule has 4 rings (SSSR count). The third-order valence-electron chi connectivity index (χ3n) is 4.79. The number of aromatic nitrogens is 1. The molecule has 2 heterocycles. The topological polar surface area (TPSA) is 68.3 Å². The van der Waals surface area contributed by atoms with Crippen molar-refractivity contribution in [3.8, 4) is 0 Å². The molecule has 1 fully saturated rings. The number of amides is 1. The normalized spacial score (nSPS) is 27.4. The summed E-state index contributed by atoms with van der Waals surface area (Å²) in [5, 5.41) is 2.91. The average molecular weight is 308 g/mol. The van der Waals surface area contributed by atoms with Crippen LogP contribution in [0.15, 0.2) is 48.8 Å². The van der Waals surface area contributed by atoms with E-state index in [1.807, 2.05) is 36.4 Å². The van der Waals surface area contributed by atoms with Crippen molar-refractivity contribution in [3.05, 3.63) is 59.9 Å². The smallest absolute Gasteiger partial charge is 0.311 e. The van der Waals surface area contributed by atoms with Crippen LogP contribution in [0.3, 0.4) is 0 Å². The molecule has 116 valence electrons. The van der Waals surface area contributed by atoms with Gasteiger partial charge in [0.15, 0.2) is 0 Å². The molecule has 5 heteroatoms. The van der Waals surface area contributed by atoms with Gasteiger partial charge >= 0.3 is 5.97 Å². The minimum Gasteiger partial charge on any atom is -0.466 e. The van der Waals surface area contributed by atoms with Crippen LogP contribution in [-0.2, 0) is 19.7 Å². The van der Waals surface area contributed by atoms with Gasteiger partial charge in [-0.15, -0.1) is 0 Å². The Morgan fingerprint density at radius 3 is 2.87 bits per heavy atom. The van der Waals surface area contributed by atoms with Gasteiger partial charge in [0.2, 0.25) is 5.91 Å². The number of esters is 1. The predicted octanol–water partition coefficient (Wildman–Crippen LogP) is 2.25. The van der Waals surface area contributed by atoms with Crippen molar-refractivity contribution in [3.63, 3.8) is 0 Å². The molecule has 0 saturated heterocycles. The summed E-state index contributed by atoms with van der Waals surface area (Å²) in [5.74, 6) is -1.20. The van der Waals surface area contributed by atoms with Crippen molar-refractivity contribution in [2.75, 3.05) is 11.9 Å². The number of fused-ring (bicyclic) bond motifs is 2. The molecule has 1 aromatic heterocycles. The summed E-state index contributed by atoms with van der Waals surface area (Å²) in [7, 11) is 0. The lowest BCUT2D eigenvalue weighted by Crippen LogP contribution is -2.25. The molecular formula is C18H16N2O3. The van der Waals surface area contributed by atoms with Crippen molar-refractivity contribution in [2.24, 2.45) is 5.92 Å². The zero-order valence-electron chi connectivity index (χ0n) is 12.7. The summed E-state index contributed by atoms with van der Waals surface area (Å²) in [6.45, 7) is 2.07. The highest BCUT2D eigenvalue weighted by molar-refractivity contribution is 6.14. The van der Waals surface area contributed by atoms with E-state index in [0.717, 1.165) is 16.8 Å². The highest BCUT2D eigenvalue weighted by Crippen LogP contribution is 2.69. The number of pyridine rings is 1.